The first-order valence-corrected chi connectivity index (χ1v) is 9.78. The standard InChI is InChI=1S/C22H23ClFN3O3/c1-5-14-10-16(29-3)7-9-18(14)25-22-26-21(28)19(30-4)12-27(22)11-15-6-8-17(24)20(23)13(15)2/h6-10,12H,5,11H2,1-4H3,(H,25,26,28). The van der Waals surface area contributed by atoms with E-state index in [4.69, 9.17) is 21.1 Å². The second-order valence-corrected chi connectivity index (χ2v) is 7.09. The van der Waals surface area contributed by atoms with Crippen molar-refractivity contribution < 1.29 is 13.9 Å². The predicted molar refractivity (Wildman–Crippen MR) is 116 cm³/mol. The second-order valence-electron chi connectivity index (χ2n) is 6.71. The van der Waals surface area contributed by atoms with E-state index in [1.165, 1.54) is 13.2 Å². The Labute approximate surface area is 179 Å². The first kappa shape index (κ1) is 21.6. The van der Waals surface area contributed by atoms with Gasteiger partial charge in [0.05, 0.1) is 32.0 Å². The van der Waals surface area contributed by atoms with Crippen LogP contribution < -0.4 is 20.3 Å². The summed E-state index contributed by atoms with van der Waals surface area (Å²) in [7, 11) is 3.02. The Bertz CT molecular complexity index is 1130. The van der Waals surface area contributed by atoms with Gasteiger partial charge in [0, 0.05) is 5.69 Å². The Morgan fingerprint density at radius 3 is 2.60 bits per heavy atom. The lowest BCUT2D eigenvalue weighted by Crippen LogP contribution is -2.19. The zero-order chi connectivity index (χ0) is 21.8. The van der Waals surface area contributed by atoms with Gasteiger partial charge in [0.15, 0.2) is 0 Å². The molecule has 1 aromatic heterocycles. The van der Waals surface area contributed by atoms with E-state index < -0.39 is 11.4 Å². The Balaban J connectivity index is 2.06. The fourth-order valence-electron chi connectivity index (χ4n) is 3.11. The maximum atomic E-state index is 13.7. The molecule has 30 heavy (non-hydrogen) atoms. The van der Waals surface area contributed by atoms with E-state index in [-0.39, 0.29) is 10.8 Å². The van der Waals surface area contributed by atoms with E-state index in [1.54, 1.807) is 30.9 Å². The maximum absolute atomic E-state index is 13.7. The molecule has 6 nitrogen and oxygen atoms in total. The Morgan fingerprint density at radius 2 is 1.93 bits per heavy atom. The molecule has 0 amide bonds. The summed E-state index contributed by atoms with van der Waals surface area (Å²) in [6.07, 6.45) is 2.33. The van der Waals surface area contributed by atoms with Crippen molar-refractivity contribution in [2.45, 2.75) is 26.8 Å². The molecule has 1 N–H and O–H groups in total. The smallest absolute Gasteiger partial charge is 0.316 e. The molecule has 158 valence electrons. The van der Waals surface area contributed by atoms with Gasteiger partial charge in [-0.1, -0.05) is 24.6 Å². The number of hydrogen-bond donors (Lipinski definition) is 1. The number of anilines is 2. The predicted octanol–water partition coefficient (Wildman–Crippen LogP) is 4.72. The first-order valence-electron chi connectivity index (χ1n) is 9.40. The van der Waals surface area contributed by atoms with Gasteiger partial charge in [0.2, 0.25) is 11.7 Å². The summed E-state index contributed by atoms with van der Waals surface area (Å²) in [5.41, 5.74) is 2.74. The Morgan fingerprint density at radius 1 is 1.17 bits per heavy atom. The van der Waals surface area contributed by atoms with Crippen LogP contribution in [0.5, 0.6) is 11.5 Å². The molecule has 1 heterocycles. The molecule has 0 aliphatic carbocycles. The lowest BCUT2D eigenvalue weighted by atomic mass is 10.1. The highest BCUT2D eigenvalue weighted by Gasteiger charge is 2.14. The van der Waals surface area contributed by atoms with Gasteiger partial charge in [0.25, 0.3) is 0 Å². The maximum Gasteiger partial charge on any atom is 0.316 e. The fourth-order valence-corrected chi connectivity index (χ4v) is 3.30. The Kier molecular flexibility index (Phi) is 6.62. The quantitative estimate of drug-likeness (QED) is 0.586. The zero-order valence-electron chi connectivity index (χ0n) is 17.3. The summed E-state index contributed by atoms with van der Waals surface area (Å²) in [6, 6.07) is 8.62. The van der Waals surface area contributed by atoms with Gasteiger partial charge in [-0.2, -0.15) is 4.98 Å². The molecule has 0 fully saturated rings. The molecule has 0 unspecified atom stereocenters. The number of hydrogen-bond acceptors (Lipinski definition) is 5. The number of ether oxygens (including phenoxy) is 2. The summed E-state index contributed by atoms with van der Waals surface area (Å²) in [5.74, 6) is 0.712. The van der Waals surface area contributed by atoms with Crippen molar-refractivity contribution in [2.24, 2.45) is 0 Å². The molecule has 2 aromatic carbocycles. The van der Waals surface area contributed by atoms with Crippen LogP contribution in [0.15, 0.2) is 41.3 Å². The summed E-state index contributed by atoms with van der Waals surface area (Å²) >= 11 is 6.07. The number of nitrogens with one attached hydrogen (secondary N) is 1. The van der Waals surface area contributed by atoms with Gasteiger partial charge >= 0.3 is 5.56 Å². The number of aryl methyl sites for hydroxylation is 1. The molecule has 0 atom stereocenters. The monoisotopic (exact) mass is 431 g/mol. The number of halogens is 2. The molecular weight excluding hydrogens is 409 g/mol. The third kappa shape index (κ3) is 4.41. The minimum atomic E-state index is -0.489. The van der Waals surface area contributed by atoms with E-state index >= 15 is 0 Å². The van der Waals surface area contributed by atoms with Crippen molar-refractivity contribution in [2.75, 3.05) is 19.5 Å². The molecule has 3 rings (SSSR count). The van der Waals surface area contributed by atoms with E-state index in [9.17, 15) is 9.18 Å². The summed E-state index contributed by atoms with van der Waals surface area (Å²) < 4.78 is 25.9. The van der Waals surface area contributed by atoms with Gasteiger partial charge in [-0.05, 0) is 54.3 Å². The van der Waals surface area contributed by atoms with Gasteiger partial charge in [-0.3, -0.25) is 4.79 Å². The average Bonchev–Trinajstić information content (AvgIpc) is 2.75. The van der Waals surface area contributed by atoms with Crippen LogP contribution in [0, 0.1) is 12.7 Å². The van der Waals surface area contributed by atoms with Crippen LogP contribution in [0.4, 0.5) is 16.0 Å². The van der Waals surface area contributed by atoms with E-state index in [0.717, 1.165) is 29.0 Å². The largest absolute Gasteiger partial charge is 0.497 e. The third-order valence-electron chi connectivity index (χ3n) is 4.92. The zero-order valence-corrected chi connectivity index (χ0v) is 18.0. The molecular formula is C22H23ClFN3O3. The molecule has 0 saturated carbocycles. The van der Waals surface area contributed by atoms with Gasteiger partial charge in [-0.15, -0.1) is 0 Å². The second kappa shape index (κ2) is 9.17. The SMILES string of the molecule is CCc1cc(OC)ccc1Nc1nc(=O)c(OC)cn1Cc1ccc(F)c(Cl)c1C. The van der Waals surface area contributed by atoms with Crippen molar-refractivity contribution in [1.82, 2.24) is 9.55 Å². The highest BCUT2D eigenvalue weighted by atomic mass is 35.5. The molecule has 0 aliphatic rings. The lowest BCUT2D eigenvalue weighted by Gasteiger charge is -2.18. The van der Waals surface area contributed by atoms with E-state index in [0.29, 0.717) is 18.1 Å². The summed E-state index contributed by atoms with van der Waals surface area (Å²) in [4.78, 5) is 16.5. The summed E-state index contributed by atoms with van der Waals surface area (Å²) in [6.45, 7) is 4.09. The number of nitrogens with zero attached hydrogens (tertiary/aromatic N) is 2. The van der Waals surface area contributed by atoms with Crippen LogP contribution in [0.25, 0.3) is 0 Å². The van der Waals surface area contributed by atoms with Crippen LogP contribution >= 0.6 is 11.6 Å². The number of benzene rings is 2. The molecule has 8 heteroatoms. The van der Waals surface area contributed by atoms with Gasteiger partial charge in [0.1, 0.15) is 11.6 Å². The van der Waals surface area contributed by atoms with Crippen LogP contribution in [0.3, 0.4) is 0 Å². The molecule has 0 spiro atoms. The van der Waals surface area contributed by atoms with Crippen LogP contribution in [0.1, 0.15) is 23.6 Å². The molecule has 0 radical (unpaired) electrons. The van der Waals surface area contributed by atoms with E-state index in [1.807, 2.05) is 25.1 Å². The van der Waals surface area contributed by atoms with Crippen molar-refractivity contribution >= 4 is 23.2 Å². The molecule has 3 aromatic rings. The van der Waals surface area contributed by atoms with Gasteiger partial charge in [-0.25, -0.2) is 4.39 Å². The lowest BCUT2D eigenvalue weighted by molar-refractivity contribution is 0.402. The van der Waals surface area contributed by atoms with Crippen LogP contribution in [0.2, 0.25) is 5.02 Å². The van der Waals surface area contributed by atoms with Crippen molar-refractivity contribution in [3.63, 3.8) is 0 Å². The van der Waals surface area contributed by atoms with Crippen molar-refractivity contribution in [3.8, 4) is 11.5 Å². The number of rotatable bonds is 7. The Hall–Kier alpha value is -3.06. The summed E-state index contributed by atoms with van der Waals surface area (Å²) in [5, 5.41) is 3.31. The topological polar surface area (TPSA) is 65.4 Å². The molecule has 0 aliphatic heterocycles. The molecule has 0 saturated heterocycles. The van der Waals surface area contributed by atoms with Crippen LogP contribution in [-0.2, 0) is 13.0 Å². The van der Waals surface area contributed by atoms with Gasteiger partial charge < -0.3 is 19.4 Å². The highest BCUT2D eigenvalue weighted by Crippen LogP contribution is 2.27. The normalized spacial score (nSPS) is 10.7. The fraction of sp³-hybridized carbons (Fsp3) is 0.273. The molecule has 0 bridgehead atoms. The average molecular weight is 432 g/mol. The third-order valence-corrected chi connectivity index (χ3v) is 5.38. The highest BCUT2D eigenvalue weighted by molar-refractivity contribution is 6.31. The van der Waals surface area contributed by atoms with Crippen molar-refractivity contribution in [3.05, 3.63) is 74.4 Å². The number of aromatic nitrogens is 2. The first-order chi connectivity index (χ1) is 14.4. The minimum absolute atomic E-state index is 0.0754. The van der Waals surface area contributed by atoms with Crippen molar-refractivity contribution in [1.29, 1.82) is 0 Å². The van der Waals surface area contributed by atoms with Crippen LogP contribution in [-0.4, -0.2) is 23.8 Å². The van der Waals surface area contributed by atoms with E-state index in [2.05, 4.69) is 10.3 Å². The minimum Gasteiger partial charge on any atom is -0.497 e. The number of methoxy groups -OCH3 is 2.